The molecule has 1 aliphatic rings. The van der Waals surface area contributed by atoms with Crippen LogP contribution in [0.25, 0.3) is 10.9 Å². The van der Waals surface area contributed by atoms with Crippen LogP contribution in [-0.4, -0.2) is 22.8 Å². The summed E-state index contributed by atoms with van der Waals surface area (Å²) in [5.41, 5.74) is 1.51. The predicted octanol–water partition coefficient (Wildman–Crippen LogP) is 2.49. The van der Waals surface area contributed by atoms with E-state index in [4.69, 9.17) is 0 Å². The molecule has 3 rings (SSSR count). The van der Waals surface area contributed by atoms with Crippen LogP contribution in [0, 0.1) is 0 Å². The first kappa shape index (κ1) is 12.4. The molecule has 98 valence electrons. The molecule has 1 N–H and O–H groups in total. The number of aldehydes is 1. The fourth-order valence-electron chi connectivity index (χ4n) is 2.18. The minimum Gasteiger partial charge on any atom is -0.352 e. The second-order valence-corrected chi connectivity index (χ2v) is 5.75. The Labute approximate surface area is 118 Å². The number of halogens is 1. The second-order valence-electron chi connectivity index (χ2n) is 4.83. The number of rotatable bonds is 4. The molecule has 0 radical (unpaired) electrons. The smallest absolute Gasteiger partial charge is 0.240 e. The lowest BCUT2D eigenvalue weighted by Crippen LogP contribution is -2.29. The van der Waals surface area contributed by atoms with Gasteiger partial charge in [-0.1, -0.05) is 15.9 Å². The van der Waals surface area contributed by atoms with Crippen molar-refractivity contribution in [3.63, 3.8) is 0 Å². The normalized spacial score (nSPS) is 14.6. The van der Waals surface area contributed by atoms with Gasteiger partial charge in [-0.25, -0.2) is 0 Å². The number of carbonyl (C=O) groups is 2. The van der Waals surface area contributed by atoms with Crippen molar-refractivity contribution < 1.29 is 9.59 Å². The monoisotopic (exact) mass is 320 g/mol. The van der Waals surface area contributed by atoms with E-state index in [2.05, 4.69) is 21.2 Å². The van der Waals surface area contributed by atoms with Gasteiger partial charge in [0.15, 0.2) is 6.29 Å². The third-order valence-electron chi connectivity index (χ3n) is 3.26. The van der Waals surface area contributed by atoms with Crippen LogP contribution >= 0.6 is 15.9 Å². The maximum Gasteiger partial charge on any atom is 0.240 e. The van der Waals surface area contributed by atoms with Crippen molar-refractivity contribution in [2.24, 2.45) is 0 Å². The molecule has 4 nitrogen and oxygen atoms in total. The largest absolute Gasteiger partial charge is 0.352 e. The molecule has 0 aliphatic heterocycles. The highest BCUT2D eigenvalue weighted by Gasteiger charge is 2.23. The zero-order chi connectivity index (χ0) is 13.4. The summed E-state index contributed by atoms with van der Waals surface area (Å²) in [4.78, 5) is 22.9. The number of nitrogens with zero attached hydrogens (tertiary/aromatic N) is 1. The molecule has 1 heterocycles. The molecule has 1 aliphatic carbocycles. The maximum absolute atomic E-state index is 11.8. The number of aromatic nitrogens is 1. The number of hydrogen-bond donors (Lipinski definition) is 1. The van der Waals surface area contributed by atoms with Gasteiger partial charge < -0.3 is 9.88 Å². The van der Waals surface area contributed by atoms with E-state index in [9.17, 15) is 9.59 Å². The Morgan fingerprint density at radius 3 is 2.95 bits per heavy atom. The molecule has 0 atom stereocenters. The lowest BCUT2D eigenvalue weighted by molar-refractivity contribution is -0.121. The highest BCUT2D eigenvalue weighted by Crippen LogP contribution is 2.24. The number of hydrogen-bond acceptors (Lipinski definition) is 2. The van der Waals surface area contributed by atoms with Gasteiger partial charge in [0.05, 0.1) is 0 Å². The molecular formula is C14H13BrN2O2. The summed E-state index contributed by atoms with van der Waals surface area (Å²) in [7, 11) is 0. The zero-order valence-electron chi connectivity index (χ0n) is 10.2. The first-order valence-corrected chi connectivity index (χ1v) is 6.99. The third kappa shape index (κ3) is 2.56. The van der Waals surface area contributed by atoms with E-state index in [1.54, 1.807) is 6.20 Å². The maximum atomic E-state index is 11.8. The van der Waals surface area contributed by atoms with E-state index < -0.39 is 0 Å². The molecular weight excluding hydrogens is 308 g/mol. The molecule has 1 aromatic carbocycles. The summed E-state index contributed by atoms with van der Waals surface area (Å²) in [5, 5.41) is 3.81. The van der Waals surface area contributed by atoms with Gasteiger partial charge in [0, 0.05) is 33.2 Å². The second kappa shape index (κ2) is 4.81. The number of carbonyl (C=O) groups excluding carboxylic acids is 2. The molecule has 1 saturated carbocycles. The Morgan fingerprint density at radius 2 is 2.26 bits per heavy atom. The number of fused-ring (bicyclic) bond motifs is 1. The van der Waals surface area contributed by atoms with Gasteiger partial charge in [-0.2, -0.15) is 0 Å². The topological polar surface area (TPSA) is 51.1 Å². The Bertz CT molecular complexity index is 659. The number of amides is 1. The van der Waals surface area contributed by atoms with Crippen LogP contribution in [-0.2, 0) is 11.3 Å². The summed E-state index contributed by atoms with van der Waals surface area (Å²) in [6.07, 6.45) is 4.70. The van der Waals surface area contributed by atoms with Crippen LogP contribution in [0.3, 0.4) is 0 Å². The molecule has 0 unspecified atom stereocenters. The summed E-state index contributed by atoms with van der Waals surface area (Å²) in [5.74, 6) is -0.000215. The van der Waals surface area contributed by atoms with Crippen molar-refractivity contribution in [1.29, 1.82) is 0 Å². The number of nitrogens with one attached hydrogen (secondary N) is 1. The molecule has 2 aromatic rings. The first-order valence-electron chi connectivity index (χ1n) is 6.20. The van der Waals surface area contributed by atoms with Gasteiger partial charge in [0.1, 0.15) is 6.54 Å². The van der Waals surface area contributed by atoms with E-state index in [0.717, 1.165) is 34.5 Å². The lowest BCUT2D eigenvalue weighted by Gasteiger charge is -2.06. The van der Waals surface area contributed by atoms with Crippen LogP contribution in [0.15, 0.2) is 28.9 Å². The van der Waals surface area contributed by atoms with Crippen molar-refractivity contribution in [3.05, 3.63) is 34.4 Å². The van der Waals surface area contributed by atoms with E-state index in [1.807, 2.05) is 22.8 Å². The molecule has 1 aromatic heterocycles. The van der Waals surface area contributed by atoms with E-state index >= 15 is 0 Å². The molecule has 1 fully saturated rings. The molecule has 0 spiro atoms. The fraction of sp³-hybridized carbons (Fsp3) is 0.286. The van der Waals surface area contributed by atoms with Gasteiger partial charge in [0.25, 0.3) is 0 Å². The molecule has 0 bridgehead atoms. The summed E-state index contributed by atoms with van der Waals surface area (Å²) < 4.78 is 2.74. The van der Waals surface area contributed by atoms with E-state index in [-0.39, 0.29) is 12.5 Å². The molecule has 0 saturated heterocycles. The average Bonchev–Trinajstić information content (AvgIpc) is 3.12. The van der Waals surface area contributed by atoms with Crippen LogP contribution in [0.4, 0.5) is 0 Å². The highest BCUT2D eigenvalue weighted by atomic mass is 79.9. The van der Waals surface area contributed by atoms with Crippen LogP contribution in [0.2, 0.25) is 0 Å². The predicted molar refractivity (Wildman–Crippen MR) is 76.2 cm³/mol. The fourth-order valence-corrected chi connectivity index (χ4v) is 2.54. The summed E-state index contributed by atoms with van der Waals surface area (Å²) >= 11 is 3.39. The highest BCUT2D eigenvalue weighted by molar-refractivity contribution is 9.10. The van der Waals surface area contributed by atoms with Crippen molar-refractivity contribution >= 4 is 39.0 Å². The minimum absolute atomic E-state index is 0.000215. The standard InChI is InChI=1S/C14H13BrN2O2/c15-10-1-4-13-12(5-10)9(8-18)6-17(13)7-14(19)16-11-2-3-11/h1,4-6,8,11H,2-3,7H2,(H,16,19). The lowest BCUT2D eigenvalue weighted by atomic mass is 10.2. The van der Waals surface area contributed by atoms with Crippen molar-refractivity contribution in [1.82, 2.24) is 9.88 Å². The summed E-state index contributed by atoms with van der Waals surface area (Å²) in [6, 6.07) is 6.08. The Balaban J connectivity index is 1.93. The quantitative estimate of drug-likeness (QED) is 0.880. The SMILES string of the molecule is O=Cc1cn(CC(=O)NC2CC2)c2ccc(Br)cc12. The van der Waals surface area contributed by atoms with Gasteiger partial charge in [-0.3, -0.25) is 9.59 Å². The van der Waals surface area contributed by atoms with Gasteiger partial charge in [0.2, 0.25) is 5.91 Å². The summed E-state index contributed by atoms with van der Waals surface area (Å²) in [6.45, 7) is 0.252. The average molecular weight is 321 g/mol. The Hall–Kier alpha value is -1.62. The Morgan fingerprint density at radius 1 is 1.47 bits per heavy atom. The number of benzene rings is 1. The van der Waals surface area contributed by atoms with Gasteiger partial charge in [-0.15, -0.1) is 0 Å². The van der Waals surface area contributed by atoms with E-state index in [1.165, 1.54) is 0 Å². The first-order chi connectivity index (χ1) is 9.17. The molecule has 5 heteroatoms. The van der Waals surface area contributed by atoms with E-state index in [0.29, 0.717) is 11.6 Å². The zero-order valence-corrected chi connectivity index (χ0v) is 11.8. The Kier molecular flexibility index (Phi) is 3.14. The third-order valence-corrected chi connectivity index (χ3v) is 3.75. The van der Waals surface area contributed by atoms with Crippen LogP contribution < -0.4 is 5.32 Å². The van der Waals surface area contributed by atoms with Crippen LogP contribution in [0.1, 0.15) is 23.2 Å². The minimum atomic E-state index is -0.000215. The van der Waals surface area contributed by atoms with Gasteiger partial charge >= 0.3 is 0 Å². The van der Waals surface area contributed by atoms with Crippen molar-refractivity contribution in [2.45, 2.75) is 25.4 Å². The van der Waals surface area contributed by atoms with Gasteiger partial charge in [-0.05, 0) is 31.0 Å². The molecule has 19 heavy (non-hydrogen) atoms. The van der Waals surface area contributed by atoms with Crippen molar-refractivity contribution in [2.75, 3.05) is 0 Å². The molecule has 1 amide bonds. The van der Waals surface area contributed by atoms with Crippen LogP contribution in [0.5, 0.6) is 0 Å². The van der Waals surface area contributed by atoms with Crippen molar-refractivity contribution in [3.8, 4) is 0 Å².